The standard InChI is InChI=1S/C23H27N3O3S2/c1-3-17(22-25-20(14-15-27)23(26-22)30-2)11-8-16-9-12-18(13-10-16)19-6-4-5-7-21(19)31(24,28)29/h4-7,9-10,12-13,15,17H,3,8,11,14H2,1-2H3,(H,25,26)(H2,24,28,29). The summed E-state index contributed by atoms with van der Waals surface area (Å²) in [5, 5.41) is 6.25. The summed E-state index contributed by atoms with van der Waals surface area (Å²) in [6.45, 7) is 2.14. The maximum Gasteiger partial charge on any atom is 0.238 e. The van der Waals surface area contributed by atoms with E-state index in [2.05, 4.69) is 11.9 Å². The van der Waals surface area contributed by atoms with Crippen LogP contribution in [0.5, 0.6) is 0 Å². The van der Waals surface area contributed by atoms with E-state index < -0.39 is 10.0 Å². The molecule has 1 atom stereocenters. The number of rotatable bonds is 10. The molecule has 3 N–H and O–H groups in total. The molecule has 6 nitrogen and oxygen atoms in total. The van der Waals surface area contributed by atoms with Gasteiger partial charge >= 0.3 is 0 Å². The van der Waals surface area contributed by atoms with Crippen LogP contribution in [-0.2, 0) is 27.7 Å². The lowest BCUT2D eigenvalue weighted by molar-refractivity contribution is -0.107. The van der Waals surface area contributed by atoms with Crippen molar-refractivity contribution in [2.45, 2.75) is 48.4 Å². The third kappa shape index (κ3) is 5.64. The van der Waals surface area contributed by atoms with Gasteiger partial charge < -0.3 is 9.78 Å². The van der Waals surface area contributed by atoms with Gasteiger partial charge in [0.1, 0.15) is 17.1 Å². The molecule has 1 aromatic heterocycles. The van der Waals surface area contributed by atoms with Gasteiger partial charge in [0.2, 0.25) is 10.0 Å². The molecule has 1 heterocycles. The first kappa shape index (κ1) is 23.2. The highest BCUT2D eigenvalue weighted by Gasteiger charge is 2.18. The Hall–Kier alpha value is -2.42. The Kier molecular flexibility index (Phi) is 7.69. The quantitative estimate of drug-likeness (QED) is 0.348. The Bertz CT molecular complexity index is 1140. The van der Waals surface area contributed by atoms with E-state index in [0.717, 1.165) is 47.7 Å². The summed E-state index contributed by atoms with van der Waals surface area (Å²) < 4.78 is 23.8. The molecule has 31 heavy (non-hydrogen) atoms. The van der Waals surface area contributed by atoms with Gasteiger partial charge in [0.15, 0.2) is 0 Å². The molecular weight excluding hydrogens is 430 g/mol. The smallest absolute Gasteiger partial charge is 0.238 e. The number of aromatic amines is 1. The van der Waals surface area contributed by atoms with E-state index >= 15 is 0 Å². The molecule has 2 aromatic carbocycles. The van der Waals surface area contributed by atoms with Gasteiger partial charge in [0.25, 0.3) is 0 Å². The highest BCUT2D eigenvalue weighted by atomic mass is 32.2. The maximum atomic E-state index is 11.9. The molecule has 1 unspecified atom stereocenters. The number of hydrogen-bond donors (Lipinski definition) is 2. The van der Waals surface area contributed by atoms with Gasteiger partial charge in [-0.3, -0.25) is 0 Å². The Morgan fingerprint density at radius 1 is 1.16 bits per heavy atom. The van der Waals surface area contributed by atoms with Gasteiger partial charge in [-0.25, -0.2) is 18.5 Å². The lowest BCUT2D eigenvalue weighted by Gasteiger charge is -2.13. The summed E-state index contributed by atoms with van der Waals surface area (Å²) >= 11 is 1.55. The van der Waals surface area contributed by atoms with Crippen LogP contribution in [0.15, 0.2) is 58.5 Å². The van der Waals surface area contributed by atoms with Crippen molar-refractivity contribution in [1.29, 1.82) is 0 Å². The minimum absolute atomic E-state index is 0.127. The molecule has 0 radical (unpaired) electrons. The monoisotopic (exact) mass is 457 g/mol. The number of aromatic nitrogens is 2. The normalized spacial score (nSPS) is 12.6. The molecule has 0 aliphatic rings. The average Bonchev–Trinajstić information content (AvgIpc) is 3.17. The fourth-order valence-corrected chi connectivity index (χ4v) is 5.01. The lowest BCUT2D eigenvalue weighted by atomic mass is 9.95. The van der Waals surface area contributed by atoms with Crippen LogP contribution in [-0.4, -0.2) is 30.9 Å². The van der Waals surface area contributed by atoms with Crippen LogP contribution in [0.3, 0.4) is 0 Å². The van der Waals surface area contributed by atoms with Crippen molar-refractivity contribution in [2.24, 2.45) is 5.14 Å². The fourth-order valence-electron chi connectivity index (χ4n) is 3.68. The van der Waals surface area contributed by atoms with Crippen molar-refractivity contribution in [1.82, 2.24) is 9.97 Å². The predicted molar refractivity (Wildman–Crippen MR) is 125 cm³/mol. The fraction of sp³-hybridized carbons (Fsp3) is 0.304. The first-order chi connectivity index (χ1) is 14.9. The largest absolute Gasteiger partial charge is 0.344 e. The van der Waals surface area contributed by atoms with Gasteiger partial charge in [-0.2, -0.15) is 0 Å². The highest BCUT2D eigenvalue weighted by molar-refractivity contribution is 7.98. The molecule has 0 saturated heterocycles. The Morgan fingerprint density at radius 3 is 2.48 bits per heavy atom. The summed E-state index contributed by atoms with van der Waals surface area (Å²) in [5.74, 6) is 1.21. The Balaban J connectivity index is 1.74. The predicted octanol–water partition coefficient (Wildman–Crippen LogP) is 4.31. The number of nitrogens with zero attached hydrogens (tertiary/aromatic N) is 1. The molecule has 164 valence electrons. The number of nitrogens with two attached hydrogens (primary N) is 1. The number of benzene rings is 2. The number of nitrogens with one attached hydrogen (secondary N) is 1. The zero-order valence-electron chi connectivity index (χ0n) is 17.7. The van der Waals surface area contributed by atoms with Crippen LogP contribution in [0, 0.1) is 0 Å². The number of H-pyrrole nitrogens is 1. The number of primary sulfonamides is 1. The van der Waals surface area contributed by atoms with Crippen LogP contribution < -0.4 is 5.14 Å². The number of aldehydes is 1. The number of thioether (sulfide) groups is 1. The van der Waals surface area contributed by atoms with E-state index in [1.807, 2.05) is 30.5 Å². The van der Waals surface area contributed by atoms with Crippen LogP contribution >= 0.6 is 11.8 Å². The van der Waals surface area contributed by atoms with Crippen LogP contribution in [0.4, 0.5) is 0 Å². The summed E-state index contributed by atoms with van der Waals surface area (Å²) in [5.41, 5.74) is 3.47. The van der Waals surface area contributed by atoms with E-state index in [0.29, 0.717) is 12.0 Å². The molecule has 0 saturated carbocycles. The molecule has 0 spiro atoms. The van der Waals surface area contributed by atoms with Crippen LogP contribution in [0.25, 0.3) is 11.1 Å². The van der Waals surface area contributed by atoms with Gasteiger partial charge in [-0.05, 0) is 42.7 Å². The molecule has 0 bridgehead atoms. The molecule has 3 rings (SSSR count). The molecule has 0 aliphatic carbocycles. The minimum Gasteiger partial charge on any atom is -0.344 e. The highest BCUT2D eigenvalue weighted by Crippen LogP contribution is 2.29. The number of aryl methyl sites for hydroxylation is 1. The number of imidazole rings is 1. The number of carbonyl (C=O) groups excluding carboxylic acids is 1. The van der Waals surface area contributed by atoms with E-state index in [-0.39, 0.29) is 10.8 Å². The zero-order valence-corrected chi connectivity index (χ0v) is 19.3. The maximum absolute atomic E-state index is 11.9. The summed E-state index contributed by atoms with van der Waals surface area (Å²) in [6.07, 6.45) is 5.94. The van der Waals surface area contributed by atoms with Gasteiger partial charge in [-0.1, -0.05) is 49.4 Å². The van der Waals surface area contributed by atoms with E-state index in [1.165, 1.54) is 11.6 Å². The minimum atomic E-state index is -3.79. The molecule has 0 fully saturated rings. The second-order valence-electron chi connectivity index (χ2n) is 7.36. The van der Waals surface area contributed by atoms with Crippen LogP contribution in [0.2, 0.25) is 0 Å². The Labute approximate surface area is 187 Å². The Morgan fingerprint density at radius 2 is 1.87 bits per heavy atom. The van der Waals surface area contributed by atoms with Crippen molar-refractivity contribution in [3.63, 3.8) is 0 Å². The number of carbonyl (C=O) groups is 1. The second-order valence-corrected chi connectivity index (χ2v) is 9.69. The zero-order chi connectivity index (χ0) is 22.4. The summed E-state index contributed by atoms with van der Waals surface area (Å²) in [7, 11) is -3.79. The first-order valence-corrected chi connectivity index (χ1v) is 12.9. The summed E-state index contributed by atoms with van der Waals surface area (Å²) in [4.78, 5) is 19.1. The molecule has 0 aliphatic heterocycles. The van der Waals surface area contributed by atoms with Gasteiger partial charge in [0, 0.05) is 17.9 Å². The van der Waals surface area contributed by atoms with Crippen molar-refractivity contribution in [3.8, 4) is 11.1 Å². The number of hydrogen-bond acceptors (Lipinski definition) is 5. The van der Waals surface area contributed by atoms with E-state index in [9.17, 15) is 13.2 Å². The third-order valence-corrected chi connectivity index (χ3v) is 7.05. The van der Waals surface area contributed by atoms with Crippen molar-refractivity contribution >= 4 is 28.1 Å². The SMILES string of the molecule is CCC(CCc1ccc(-c2ccccc2S(N)(=O)=O)cc1)c1nc(SC)c(CC=O)[nH]1. The van der Waals surface area contributed by atoms with Crippen molar-refractivity contribution in [2.75, 3.05) is 6.26 Å². The lowest BCUT2D eigenvalue weighted by Crippen LogP contribution is -2.13. The number of sulfonamides is 1. The molecular formula is C23H27N3O3S2. The van der Waals surface area contributed by atoms with Crippen molar-refractivity contribution in [3.05, 3.63) is 65.6 Å². The third-order valence-electron chi connectivity index (χ3n) is 5.36. The van der Waals surface area contributed by atoms with Gasteiger partial charge in [0.05, 0.1) is 10.6 Å². The van der Waals surface area contributed by atoms with Crippen LogP contribution in [0.1, 0.15) is 42.8 Å². The summed E-state index contributed by atoms with van der Waals surface area (Å²) in [6, 6.07) is 14.7. The first-order valence-electron chi connectivity index (χ1n) is 10.1. The van der Waals surface area contributed by atoms with Crippen molar-refractivity contribution < 1.29 is 13.2 Å². The van der Waals surface area contributed by atoms with E-state index in [4.69, 9.17) is 10.1 Å². The van der Waals surface area contributed by atoms with Gasteiger partial charge in [-0.15, -0.1) is 11.8 Å². The molecule has 0 amide bonds. The molecule has 3 aromatic rings. The molecule has 8 heteroatoms. The van der Waals surface area contributed by atoms with E-state index in [1.54, 1.807) is 30.0 Å². The topological polar surface area (TPSA) is 106 Å². The average molecular weight is 458 g/mol. The second kappa shape index (κ2) is 10.3.